The molecular weight excluding hydrogens is 382 g/mol. The van der Waals surface area contributed by atoms with Crippen molar-refractivity contribution in [3.05, 3.63) is 46.5 Å². The minimum absolute atomic E-state index is 0.146. The van der Waals surface area contributed by atoms with Crippen LogP contribution >= 0.6 is 0 Å². The summed E-state index contributed by atoms with van der Waals surface area (Å²) in [7, 11) is 0. The molecule has 9 heteroatoms. The number of rotatable bonds is 5. The lowest BCUT2D eigenvalue weighted by Crippen LogP contribution is -2.43. The number of nitrogens with zero attached hydrogens (tertiary/aromatic N) is 5. The molecule has 0 spiro atoms. The normalized spacial score (nSPS) is 14.3. The molecule has 0 aromatic carbocycles. The predicted molar refractivity (Wildman–Crippen MR) is 117 cm³/mol. The second-order valence-corrected chi connectivity index (χ2v) is 7.62. The first-order valence-electron chi connectivity index (χ1n) is 10.1. The van der Waals surface area contributed by atoms with Crippen LogP contribution in [0, 0.1) is 0 Å². The van der Waals surface area contributed by atoms with Gasteiger partial charge >= 0.3 is 0 Å². The van der Waals surface area contributed by atoms with Crippen molar-refractivity contribution in [2.75, 3.05) is 36.4 Å². The van der Waals surface area contributed by atoms with Crippen LogP contribution in [-0.2, 0) is 0 Å². The van der Waals surface area contributed by atoms with Gasteiger partial charge in [0.05, 0.1) is 17.4 Å². The van der Waals surface area contributed by atoms with E-state index in [0.29, 0.717) is 17.0 Å². The van der Waals surface area contributed by atoms with Crippen molar-refractivity contribution in [3.63, 3.8) is 0 Å². The Labute approximate surface area is 174 Å². The number of hydrogen-bond donors (Lipinski definition) is 2. The molecule has 1 fully saturated rings. The van der Waals surface area contributed by atoms with Crippen molar-refractivity contribution in [1.29, 1.82) is 0 Å². The summed E-state index contributed by atoms with van der Waals surface area (Å²) >= 11 is 0. The van der Waals surface area contributed by atoms with Crippen LogP contribution in [0.1, 0.15) is 37.2 Å². The molecule has 0 amide bonds. The van der Waals surface area contributed by atoms with E-state index in [1.54, 1.807) is 18.5 Å². The van der Waals surface area contributed by atoms with Crippen LogP contribution in [0.15, 0.2) is 35.4 Å². The lowest BCUT2D eigenvalue weighted by atomic mass is 10.1. The summed E-state index contributed by atoms with van der Waals surface area (Å²) in [5.41, 5.74) is 1.06. The number of piperazine rings is 1. The molecule has 0 atom stereocenters. The molecule has 156 valence electrons. The second-order valence-electron chi connectivity index (χ2n) is 7.62. The monoisotopic (exact) mass is 407 g/mol. The molecular formula is C21H25N7O2. The topological polar surface area (TPSA) is 105 Å². The van der Waals surface area contributed by atoms with Crippen LogP contribution in [0.2, 0.25) is 0 Å². The number of nitrogens with one attached hydrogen (secondary N) is 2. The van der Waals surface area contributed by atoms with Gasteiger partial charge in [-0.3, -0.25) is 14.2 Å². The van der Waals surface area contributed by atoms with Gasteiger partial charge in [0.2, 0.25) is 5.95 Å². The van der Waals surface area contributed by atoms with Gasteiger partial charge in [0.1, 0.15) is 11.5 Å². The van der Waals surface area contributed by atoms with Gasteiger partial charge in [-0.2, -0.15) is 4.98 Å². The Morgan fingerprint density at radius 1 is 1.17 bits per heavy atom. The van der Waals surface area contributed by atoms with Gasteiger partial charge in [0.25, 0.3) is 5.56 Å². The lowest BCUT2D eigenvalue weighted by molar-refractivity contribution is 0.101. The predicted octanol–water partition coefficient (Wildman–Crippen LogP) is 2.12. The fourth-order valence-electron chi connectivity index (χ4n) is 3.58. The highest BCUT2D eigenvalue weighted by molar-refractivity contribution is 5.96. The minimum atomic E-state index is -0.336. The second kappa shape index (κ2) is 8.19. The molecule has 2 N–H and O–H groups in total. The number of carbonyl (C=O) groups excluding carboxylic acids is 1. The minimum Gasteiger partial charge on any atom is -0.354 e. The lowest BCUT2D eigenvalue weighted by Gasteiger charge is -2.28. The molecule has 30 heavy (non-hydrogen) atoms. The maximum absolute atomic E-state index is 12.8. The highest BCUT2D eigenvalue weighted by Gasteiger charge is 2.17. The molecule has 9 nitrogen and oxygen atoms in total. The zero-order valence-corrected chi connectivity index (χ0v) is 17.3. The fraction of sp³-hybridized carbons (Fsp3) is 0.381. The quantitative estimate of drug-likeness (QED) is 0.620. The number of fused-ring (bicyclic) bond motifs is 1. The van der Waals surface area contributed by atoms with Gasteiger partial charge in [-0.05, 0) is 39.0 Å². The Morgan fingerprint density at radius 3 is 2.57 bits per heavy atom. The van der Waals surface area contributed by atoms with Gasteiger partial charge in [-0.1, -0.05) is 0 Å². The first kappa shape index (κ1) is 20.0. The van der Waals surface area contributed by atoms with Gasteiger partial charge in [0.15, 0.2) is 5.78 Å². The Hall–Kier alpha value is -3.33. The molecule has 0 radical (unpaired) electrons. The number of ketones is 1. The number of Topliss-reactive ketones (excluding diaryl/α,β-unsaturated/α-hetero) is 1. The summed E-state index contributed by atoms with van der Waals surface area (Å²) < 4.78 is 1.53. The van der Waals surface area contributed by atoms with E-state index in [2.05, 4.69) is 30.5 Å². The van der Waals surface area contributed by atoms with E-state index in [1.807, 2.05) is 26.0 Å². The molecule has 4 heterocycles. The van der Waals surface area contributed by atoms with Crippen LogP contribution in [0.3, 0.4) is 0 Å². The SMILES string of the molecule is CC(=O)c1cc2cnc(Nc3ccc(N4CCNCC4)nc3)nc2n(C(C)C)c1=O. The highest BCUT2D eigenvalue weighted by Crippen LogP contribution is 2.20. The third kappa shape index (κ3) is 3.88. The molecule has 1 aliphatic rings. The summed E-state index contributed by atoms with van der Waals surface area (Å²) in [4.78, 5) is 40.3. The van der Waals surface area contributed by atoms with Crippen LogP contribution in [0.25, 0.3) is 11.0 Å². The van der Waals surface area contributed by atoms with E-state index in [9.17, 15) is 9.59 Å². The van der Waals surface area contributed by atoms with E-state index < -0.39 is 0 Å². The maximum atomic E-state index is 12.8. The van der Waals surface area contributed by atoms with E-state index in [0.717, 1.165) is 37.7 Å². The van der Waals surface area contributed by atoms with Crippen LogP contribution in [0.5, 0.6) is 0 Å². The maximum Gasteiger partial charge on any atom is 0.263 e. The Bertz CT molecular complexity index is 1130. The number of anilines is 3. The molecule has 1 aliphatic heterocycles. The first-order valence-corrected chi connectivity index (χ1v) is 10.1. The van der Waals surface area contributed by atoms with Crippen molar-refractivity contribution < 1.29 is 4.79 Å². The summed E-state index contributed by atoms with van der Waals surface area (Å²) in [6, 6.07) is 5.32. The summed E-state index contributed by atoms with van der Waals surface area (Å²) in [6.45, 7) is 8.94. The van der Waals surface area contributed by atoms with Crippen molar-refractivity contribution in [1.82, 2.24) is 24.8 Å². The fourth-order valence-corrected chi connectivity index (χ4v) is 3.58. The molecule has 0 saturated carbocycles. The third-order valence-corrected chi connectivity index (χ3v) is 5.11. The summed E-state index contributed by atoms with van der Waals surface area (Å²) in [5, 5.41) is 7.12. The standard InChI is InChI=1S/C21H25N7O2/c1-13(2)28-19-15(10-17(14(3)29)20(28)30)11-24-21(26-19)25-16-4-5-18(23-12-16)27-8-6-22-7-9-27/h4-5,10-13,22H,6-9H2,1-3H3,(H,24,25,26). The van der Waals surface area contributed by atoms with Crippen molar-refractivity contribution in [3.8, 4) is 0 Å². The molecule has 3 aromatic heterocycles. The van der Waals surface area contributed by atoms with E-state index in [1.165, 1.54) is 11.5 Å². The Kier molecular flexibility index (Phi) is 5.45. The molecule has 4 rings (SSSR count). The van der Waals surface area contributed by atoms with E-state index in [4.69, 9.17) is 0 Å². The smallest absolute Gasteiger partial charge is 0.263 e. The van der Waals surface area contributed by atoms with Gasteiger partial charge in [-0.25, -0.2) is 9.97 Å². The average molecular weight is 407 g/mol. The largest absolute Gasteiger partial charge is 0.354 e. The van der Waals surface area contributed by atoms with E-state index in [-0.39, 0.29) is 22.9 Å². The highest BCUT2D eigenvalue weighted by atomic mass is 16.1. The van der Waals surface area contributed by atoms with Crippen LogP contribution in [0.4, 0.5) is 17.5 Å². The zero-order valence-electron chi connectivity index (χ0n) is 17.3. The van der Waals surface area contributed by atoms with Crippen molar-refractivity contribution >= 4 is 34.3 Å². The number of pyridine rings is 2. The molecule has 1 saturated heterocycles. The van der Waals surface area contributed by atoms with Crippen molar-refractivity contribution in [2.45, 2.75) is 26.8 Å². The van der Waals surface area contributed by atoms with Crippen molar-refractivity contribution in [2.24, 2.45) is 0 Å². The van der Waals surface area contributed by atoms with Crippen LogP contribution in [-0.4, -0.2) is 51.5 Å². The number of aromatic nitrogens is 4. The number of hydrogen-bond acceptors (Lipinski definition) is 8. The van der Waals surface area contributed by atoms with Gasteiger partial charge < -0.3 is 15.5 Å². The molecule has 0 unspecified atom stereocenters. The molecule has 0 bridgehead atoms. The average Bonchev–Trinajstić information content (AvgIpc) is 2.74. The van der Waals surface area contributed by atoms with E-state index >= 15 is 0 Å². The Balaban J connectivity index is 1.65. The molecule has 0 aliphatic carbocycles. The number of carbonyl (C=O) groups is 1. The third-order valence-electron chi connectivity index (χ3n) is 5.11. The summed E-state index contributed by atoms with van der Waals surface area (Å²) in [6.07, 6.45) is 3.37. The van der Waals surface area contributed by atoms with Crippen LogP contribution < -0.4 is 21.1 Å². The van der Waals surface area contributed by atoms with Gasteiger partial charge in [0, 0.05) is 43.8 Å². The molecule has 3 aromatic rings. The first-order chi connectivity index (χ1) is 14.4. The zero-order chi connectivity index (χ0) is 21.3. The summed E-state index contributed by atoms with van der Waals surface area (Å²) in [5.74, 6) is 1.03. The Morgan fingerprint density at radius 2 is 1.93 bits per heavy atom. The van der Waals surface area contributed by atoms with Gasteiger partial charge in [-0.15, -0.1) is 0 Å².